The molecule has 3 N–H and O–H groups in total. The van der Waals surface area contributed by atoms with E-state index in [0.29, 0.717) is 13.0 Å². The highest BCUT2D eigenvalue weighted by atomic mass is 16.3. The monoisotopic (exact) mass is 169 g/mol. The smallest absolute Gasteiger partial charge is 0.110 e. The van der Waals surface area contributed by atoms with E-state index >= 15 is 0 Å². The van der Waals surface area contributed by atoms with Gasteiger partial charge in [-0.2, -0.15) is 0 Å². The van der Waals surface area contributed by atoms with E-state index < -0.39 is 0 Å². The van der Waals surface area contributed by atoms with Gasteiger partial charge in [0.05, 0.1) is 6.26 Å². The van der Waals surface area contributed by atoms with Crippen LogP contribution in [-0.2, 0) is 5.41 Å². The molecular formula is C9H15NO2. The van der Waals surface area contributed by atoms with Gasteiger partial charge in [0.1, 0.15) is 5.76 Å². The number of nitrogens with two attached hydrogens (primary N) is 1. The number of hydrogen-bond donors (Lipinski definition) is 2. The molecule has 0 bridgehead atoms. The fourth-order valence-electron chi connectivity index (χ4n) is 1.19. The Morgan fingerprint density at radius 3 is 2.83 bits per heavy atom. The van der Waals surface area contributed by atoms with Crippen LogP contribution >= 0.6 is 0 Å². The van der Waals surface area contributed by atoms with Crippen LogP contribution in [0.2, 0.25) is 0 Å². The van der Waals surface area contributed by atoms with Gasteiger partial charge in [0.25, 0.3) is 0 Å². The Morgan fingerprint density at radius 2 is 2.42 bits per heavy atom. The van der Waals surface area contributed by atoms with Crippen LogP contribution in [0.4, 0.5) is 0 Å². The van der Waals surface area contributed by atoms with Gasteiger partial charge >= 0.3 is 0 Å². The van der Waals surface area contributed by atoms with Crippen molar-refractivity contribution >= 4 is 0 Å². The van der Waals surface area contributed by atoms with Crippen LogP contribution in [0, 0.1) is 0 Å². The van der Waals surface area contributed by atoms with Crippen molar-refractivity contribution in [1.82, 2.24) is 0 Å². The highest BCUT2D eigenvalue weighted by molar-refractivity contribution is 5.12. The zero-order valence-electron chi connectivity index (χ0n) is 7.29. The molecule has 0 spiro atoms. The highest BCUT2D eigenvalue weighted by Crippen LogP contribution is 2.26. The minimum absolute atomic E-state index is 0.133. The van der Waals surface area contributed by atoms with E-state index in [4.69, 9.17) is 15.3 Å². The summed E-state index contributed by atoms with van der Waals surface area (Å²) in [7, 11) is 0. The van der Waals surface area contributed by atoms with Crippen molar-refractivity contribution < 1.29 is 9.52 Å². The molecule has 0 amide bonds. The third-order valence-electron chi connectivity index (χ3n) is 2.23. The fraction of sp³-hybridized carbons (Fsp3) is 0.556. The Hall–Kier alpha value is -0.800. The number of rotatable bonds is 4. The molecular weight excluding hydrogens is 154 g/mol. The van der Waals surface area contributed by atoms with Crippen molar-refractivity contribution in [2.45, 2.75) is 18.8 Å². The van der Waals surface area contributed by atoms with Crippen LogP contribution < -0.4 is 5.73 Å². The van der Waals surface area contributed by atoms with Crippen LogP contribution in [-0.4, -0.2) is 18.3 Å². The Kier molecular flexibility index (Phi) is 2.89. The van der Waals surface area contributed by atoms with Gasteiger partial charge in [0.2, 0.25) is 0 Å². The number of aliphatic hydroxyl groups excluding tert-OH is 1. The summed E-state index contributed by atoms with van der Waals surface area (Å²) in [4.78, 5) is 0. The molecule has 0 aliphatic carbocycles. The zero-order chi connectivity index (χ0) is 9.03. The second-order valence-corrected chi connectivity index (χ2v) is 3.22. The van der Waals surface area contributed by atoms with Crippen LogP contribution in [0.15, 0.2) is 22.8 Å². The molecule has 1 aromatic heterocycles. The predicted octanol–water partition coefficient (Wildman–Crippen LogP) is 0.878. The molecule has 0 saturated heterocycles. The SMILES string of the molecule is CC(CN)(CCO)c1ccco1. The first kappa shape index (κ1) is 9.29. The standard InChI is InChI=1S/C9H15NO2/c1-9(7-10,4-5-11)8-3-2-6-12-8/h2-3,6,11H,4-5,7,10H2,1H3. The first-order valence-corrected chi connectivity index (χ1v) is 4.08. The van der Waals surface area contributed by atoms with Gasteiger partial charge < -0.3 is 15.3 Å². The summed E-state index contributed by atoms with van der Waals surface area (Å²) in [5.41, 5.74) is 5.39. The summed E-state index contributed by atoms with van der Waals surface area (Å²) >= 11 is 0. The Bertz CT molecular complexity index is 220. The first-order valence-electron chi connectivity index (χ1n) is 4.08. The summed E-state index contributed by atoms with van der Waals surface area (Å²) in [6.07, 6.45) is 2.26. The average Bonchev–Trinajstić information content (AvgIpc) is 2.57. The summed E-state index contributed by atoms with van der Waals surface area (Å²) in [5.74, 6) is 0.846. The molecule has 12 heavy (non-hydrogen) atoms. The van der Waals surface area contributed by atoms with Crippen molar-refractivity contribution in [1.29, 1.82) is 0 Å². The summed E-state index contributed by atoms with van der Waals surface area (Å²) in [5, 5.41) is 8.83. The second kappa shape index (κ2) is 3.74. The van der Waals surface area contributed by atoms with Gasteiger partial charge in [-0.1, -0.05) is 6.92 Å². The topological polar surface area (TPSA) is 59.4 Å². The molecule has 1 aromatic rings. The van der Waals surface area contributed by atoms with E-state index in [1.807, 2.05) is 19.1 Å². The van der Waals surface area contributed by atoms with Crippen LogP contribution in [0.1, 0.15) is 19.1 Å². The lowest BCUT2D eigenvalue weighted by Crippen LogP contribution is -2.32. The van der Waals surface area contributed by atoms with E-state index in [9.17, 15) is 0 Å². The van der Waals surface area contributed by atoms with Gasteiger partial charge in [0.15, 0.2) is 0 Å². The van der Waals surface area contributed by atoms with Crippen molar-refractivity contribution in [2.75, 3.05) is 13.2 Å². The maximum Gasteiger partial charge on any atom is 0.110 e. The quantitative estimate of drug-likeness (QED) is 0.703. The molecule has 3 heteroatoms. The van der Waals surface area contributed by atoms with Crippen molar-refractivity contribution in [3.63, 3.8) is 0 Å². The largest absolute Gasteiger partial charge is 0.469 e. The molecule has 3 nitrogen and oxygen atoms in total. The number of aliphatic hydroxyl groups is 1. The molecule has 1 rings (SSSR count). The van der Waals surface area contributed by atoms with E-state index in [-0.39, 0.29) is 12.0 Å². The average molecular weight is 169 g/mol. The highest BCUT2D eigenvalue weighted by Gasteiger charge is 2.26. The maximum absolute atomic E-state index is 8.83. The van der Waals surface area contributed by atoms with Crippen LogP contribution in [0.25, 0.3) is 0 Å². The zero-order valence-corrected chi connectivity index (χ0v) is 7.29. The minimum atomic E-state index is -0.224. The third-order valence-corrected chi connectivity index (χ3v) is 2.23. The molecule has 0 aliphatic heterocycles. The van der Waals surface area contributed by atoms with E-state index in [2.05, 4.69) is 0 Å². The second-order valence-electron chi connectivity index (χ2n) is 3.22. The summed E-state index contributed by atoms with van der Waals surface area (Å²) < 4.78 is 5.25. The molecule has 0 saturated carbocycles. The summed E-state index contributed by atoms with van der Waals surface area (Å²) in [6, 6.07) is 3.73. The number of furan rings is 1. The van der Waals surface area contributed by atoms with E-state index in [1.165, 1.54) is 0 Å². The van der Waals surface area contributed by atoms with Crippen molar-refractivity contribution in [3.05, 3.63) is 24.2 Å². The molecule has 0 aromatic carbocycles. The lowest BCUT2D eigenvalue weighted by atomic mass is 9.84. The fourth-order valence-corrected chi connectivity index (χ4v) is 1.19. The molecule has 0 aliphatic rings. The molecule has 1 heterocycles. The normalized spacial score (nSPS) is 15.9. The minimum Gasteiger partial charge on any atom is -0.469 e. The maximum atomic E-state index is 8.83. The molecule has 0 radical (unpaired) electrons. The Morgan fingerprint density at radius 1 is 1.67 bits per heavy atom. The summed E-state index contributed by atoms with van der Waals surface area (Å²) in [6.45, 7) is 2.61. The molecule has 1 atom stereocenters. The molecule has 0 fully saturated rings. The van der Waals surface area contributed by atoms with Gasteiger partial charge in [0, 0.05) is 18.6 Å². The van der Waals surface area contributed by atoms with E-state index in [0.717, 1.165) is 5.76 Å². The third kappa shape index (κ3) is 1.68. The van der Waals surface area contributed by atoms with Gasteiger partial charge in [-0.05, 0) is 18.6 Å². The number of hydrogen-bond acceptors (Lipinski definition) is 3. The predicted molar refractivity (Wildman–Crippen MR) is 46.8 cm³/mol. The van der Waals surface area contributed by atoms with Crippen molar-refractivity contribution in [3.8, 4) is 0 Å². The Labute approximate surface area is 72.2 Å². The van der Waals surface area contributed by atoms with Crippen molar-refractivity contribution in [2.24, 2.45) is 5.73 Å². The van der Waals surface area contributed by atoms with Crippen LogP contribution in [0.5, 0.6) is 0 Å². The van der Waals surface area contributed by atoms with E-state index in [1.54, 1.807) is 6.26 Å². The van der Waals surface area contributed by atoms with Crippen LogP contribution in [0.3, 0.4) is 0 Å². The lowest BCUT2D eigenvalue weighted by Gasteiger charge is -2.24. The van der Waals surface area contributed by atoms with Gasteiger partial charge in [-0.15, -0.1) is 0 Å². The van der Waals surface area contributed by atoms with Gasteiger partial charge in [-0.3, -0.25) is 0 Å². The Balaban J connectivity index is 2.80. The molecule has 1 unspecified atom stereocenters. The molecule has 68 valence electrons. The van der Waals surface area contributed by atoms with Gasteiger partial charge in [-0.25, -0.2) is 0 Å². The lowest BCUT2D eigenvalue weighted by molar-refractivity contribution is 0.230. The first-order chi connectivity index (χ1) is 5.73.